The van der Waals surface area contributed by atoms with E-state index in [9.17, 15) is 18.0 Å². The SMILES string of the molecule is COC(=O)CCNS(=O)(=O)c1ccc(C(=O)Nc2ccc(Cl)c(-c3ccccn3)c2)cc1. The van der Waals surface area contributed by atoms with Gasteiger partial charge in [0.05, 0.1) is 29.1 Å². The number of rotatable bonds is 8. The zero-order valence-corrected chi connectivity index (χ0v) is 18.6. The molecule has 10 heteroatoms. The number of sulfonamides is 1. The normalized spacial score (nSPS) is 11.1. The van der Waals surface area contributed by atoms with Crippen LogP contribution in [0.25, 0.3) is 11.3 Å². The molecule has 0 radical (unpaired) electrons. The Morgan fingerprint density at radius 3 is 2.47 bits per heavy atom. The topological polar surface area (TPSA) is 114 Å². The maximum atomic E-state index is 12.6. The summed E-state index contributed by atoms with van der Waals surface area (Å²) in [4.78, 5) is 28.0. The minimum absolute atomic E-state index is 0.0251. The number of carbonyl (C=O) groups excluding carboxylic acids is 2. The van der Waals surface area contributed by atoms with Crippen LogP contribution < -0.4 is 10.0 Å². The number of halogens is 1. The molecule has 0 bridgehead atoms. The molecule has 0 atom stereocenters. The summed E-state index contributed by atoms with van der Waals surface area (Å²) in [5, 5.41) is 3.26. The molecule has 32 heavy (non-hydrogen) atoms. The Bertz CT molecular complexity index is 1220. The van der Waals surface area contributed by atoms with Crippen LogP contribution >= 0.6 is 11.6 Å². The molecule has 0 saturated heterocycles. The van der Waals surface area contributed by atoms with Crippen molar-refractivity contribution in [2.45, 2.75) is 11.3 Å². The van der Waals surface area contributed by atoms with Crippen molar-refractivity contribution in [3.05, 3.63) is 77.4 Å². The van der Waals surface area contributed by atoms with Gasteiger partial charge in [0.2, 0.25) is 10.0 Å². The third-order valence-electron chi connectivity index (χ3n) is 4.44. The van der Waals surface area contributed by atoms with E-state index in [0.29, 0.717) is 22.0 Å². The average Bonchev–Trinajstić information content (AvgIpc) is 2.80. The number of nitrogens with zero attached hydrogens (tertiary/aromatic N) is 1. The maximum absolute atomic E-state index is 12.6. The predicted molar refractivity (Wildman–Crippen MR) is 121 cm³/mol. The second-order valence-electron chi connectivity index (χ2n) is 6.61. The van der Waals surface area contributed by atoms with E-state index < -0.39 is 21.9 Å². The summed E-state index contributed by atoms with van der Waals surface area (Å²) in [5.41, 5.74) is 2.13. The quantitative estimate of drug-likeness (QED) is 0.484. The van der Waals surface area contributed by atoms with Crippen molar-refractivity contribution in [1.29, 1.82) is 0 Å². The minimum atomic E-state index is -3.82. The third-order valence-corrected chi connectivity index (χ3v) is 6.25. The van der Waals surface area contributed by atoms with Crippen molar-refractivity contribution in [1.82, 2.24) is 9.71 Å². The van der Waals surface area contributed by atoms with E-state index in [4.69, 9.17) is 11.6 Å². The molecular weight excluding hydrogens is 454 g/mol. The van der Waals surface area contributed by atoms with Crippen LogP contribution in [0.3, 0.4) is 0 Å². The zero-order chi connectivity index (χ0) is 23.1. The molecule has 2 N–H and O–H groups in total. The van der Waals surface area contributed by atoms with Crippen LogP contribution in [0.2, 0.25) is 5.02 Å². The van der Waals surface area contributed by atoms with Crippen molar-refractivity contribution >= 4 is 39.2 Å². The number of hydrogen-bond donors (Lipinski definition) is 2. The van der Waals surface area contributed by atoms with Crippen LogP contribution in [-0.2, 0) is 19.6 Å². The lowest BCUT2D eigenvalue weighted by molar-refractivity contribution is -0.140. The Hall–Kier alpha value is -3.27. The molecule has 166 valence electrons. The Kier molecular flexibility index (Phi) is 7.57. The number of esters is 1. The van der Waals surface area contributed by atoms with Crippen molar-refractivity contribution in [2.24, 2.45) is 0 Å². The van der Waals surface area contributed by atoms with E-state index in [1.165, 1.54) is 31.4 Å². The molecule has 1 aromatic heterocycles. The van der Waals surface area contributed by atoms with E-state index in [0.717, 1.165) is 0 Å². The third kappa shape index (κ3) is 5.91. The highest BCUT2D eigenvalue weighted by Gasteiger charge is 2.16. The number of amides is 1. The number of ether oxygens (including phenoxy) is 1. The van der Waals surface area contributed by atoms with Gasteiger partial charge in [0.25, 0.3) is 5.91 Å². The summed E-state index contributed by atoms with van der Waals surface area (Å²) in [6.07, 6.45) is 1.56. The fraction of sp³-hybridized carbons (Fsp3) is 0.136. The first-order chi connectivity index (χ1) is 15.3. The molecule has 2 aromatic carbocycles. The van der Waals surface area contributed by atoms with E-state index in [2.05, 4.69) is 19.8 Å². The van der Waals surface area contributed by atoms with E-state index in [-0.39, 0.29) is 23.4 Å². The van der Waals surface area contributed by atoms with E-state index >= 15 is 0 Å². The lowest BCUT2D eigenvalue weighted by Crippen LogP contribution is -2.26. The van der Waals surface area contributed by atoms with Gasteiger partial charge in [-0.25, -0.2) is 13.1 Å². The van der Waals surface area contributed by atoms with Crippen LogP contribution in [-0.4, -0.2) is 38.9 Å². The average molecular weight is 474 g/mol. The number of methoxy groups -OCH3 is 1. The molecule has 0 aliphatic rings. The molecule has 0 spiro atoms. The van der Waals surface area contributed by atoms with Gasteiger partial charge in [-0.15, -0.1) is 0 Å². The number of carbonyl (C=O) groups is 2. The van der Waals surface area contributed by atoms with Gasteiger partial charge in [0, 0.05) is 29.6 Å². The molecule has 1 amide bonds. The number of aromatic nitrogens is 1. The number of pyridine rings is 1. The second-order valence-corrected chi connectivity index (χ2v) is 8.79. The van der Waals surface area contributed by atoms with Crippen LogP contribution in [0.4, 0.5) is 5.69 Å². The van der Waals surface area contributed by atoms with Gasteiger partial charge in [0.1, 0.15) is 0 Å². The second kappa shape index (κ2) is 10.4. The summed E-state index contributed by atoms with van der Waals surface area (Å²) in [6, 6.07) is 15.9. The van der Waals surface area contributed by atoms with Gasteiger partial charge in [0.15, 0.2) is 0 Å². The lowest BCUT2D eigenvalue weighted by atomic mass is 10.1. The first kappa shape index (κ1) is 23.4. The fourth-order valence-corrected chi connectivity index (χ4v) is 4.03. The largest absolute Gasteiger partial charge is 0.469 e. The zero-order valence-electron chi connectivity index (χ0n) is 17.0. The van der Waals surface area contributed by atoms with Crippen LogP contribution in [0.1, 0.15) is 16.8 Å². The minimum Gasteiger partial charge on any atom is -0.469 e. The van der Waals surface area contributed by atoms with Crippen LogP contribution in [0, 0.1) is 0 Å². The predicted octanol–water partition coefficient (Wildman–Crippen LogP) is 3.50. The summed E-state index contributed by atoms with van der Waals surface area (Å²) in [7, 11) is -2.59. The maximum Gasteiger partial charge on any atom is 0.306 e. The summed E-state index contributed by atoms with van der Waals surface area (Å²) in [6.45, 7) is -0.0909. The molecule has 3 rings (SSSR count). The smallest absolute Gasteiger partial charge is 0.306 e. The number of anilines is 1. The molecule has 0 aliphatic heterocycles. The van der Waals surface area contributed by atoms with Crippen molar-refractivity contribution < 1.29 is 22.7 Å². The molecule has 8 nitrogen and oxygen atoms in total. The van der Waals surface area contributed by atoms with Gasteiger partial charge in [-0.05, 0) is 54.6 Å². The molecule has 3 aromatic rings. The van der Waals surface area contributed by atoms with Gasteiger partial charge in [-0.2, -0.15) is 0 Å². The highest BCUT2D eigenvalue weighted by molar-refractivity contribution is 7.89. The first-order valence-corrected chi connectivity index (χ1v) is 11.3. The lowest BCUT2D eigenvalue weighted by Gasteiger charge is -2.10. The molecule has 0 aliphatic carbocycles. The number of benzene rings is 2. The van der Waals surface area contributed by atoms with Crippen molar-refractivity contribution in [3.8, 4) is 11.3 Å². The Balaban J connectivity index is 1.69. The van der Waals surface area contributed by atoms with Crippen molar-refractivity contribution in [3.63, 3.8) is 0 Å². The van der Waals surface area contributed by atoms with E-state index in [1.54, 1.807) is 30.5 Å². The van der Waals surface area contributed by atoms with Crippen LogP contribution in [0.5, 0.6) is 0 Å². The van der Waals surface area contributed by atoms with E-state index in [1.807, 2.05) is 12.1 Å². The van der Waals surface area contributed by atoms with Crippen LogP contribution in [0.15, 0.2) is 71.8 Å². The standard InChI is InChI=1S/C22H20ClN3O5S/c1-31-21(27)11-13-25-32(29,30)17-8-5-15(6-9-17)22(28)26-16-7-10-19(23)18(14-16)20-4-2-3-12-24-20/h2-10,12,14,25H,11,13H2,1H3,(H,26,28). The molecular formula is C22H20ClN3O5S. The van der Waals surface area contributed by atoms with Gasteiger partial charge < -0.3 is 10.1 Å². The highest BCUT2D eigenvalue weighted by Crippen LogP contribution is 2.29. The molecule has 0 unspecified atom stereocenters. The highest BCUT2D eigenvalue weighted by atomic mass is 35.5. The Morgan fingerprint density at radius 2 is 1.81 bits per heavy atom. The van der Waals surface area contributed by atoms with Gasteiger partial charge in [-0.1, -0.05) is 17.7 Å². The Morgan fingerprint density at radius 1 is 1.06 bits per heavy atom. The first-order valence-electron chi connectivity index (χ1n) is 9.49. The van der Waals surface area contributed by atoms with Crippen molar-refractivity contribution in [2.75, 3.05) is 19.0 Å². The number of hydrogen-bond acceptors (Lipinski definition) is 6. The molecule has 0 fully saturated rings. The monoisotopic (exact) mass is 473 g/mol. The molecule has 0 saturated carbocycles. The summed E-state index contributed by atoms with van der Waals surface area (Å²) in [5.74, 6) is -0.935. The number of nitrogens with one attached hydrogen (secondary N) is 2. The Labute approximate surface area is 190 Å². The summed E-state index contributed by atoms with van der Waals surface area (Å²) < 4.78 is 31.4. The fourth-order valence-electron chi connectivity index (χ4n) is 2.78. The van der Waals surface area contributed by atoms with Gasteiger partial charge in [-0.3, -0.25) is 14.6 Å². The summed E-state index contributed by atoms with van der Waals surface area (Å²) >= 11 is 6.26. The molecule has 1 heterocycles. The van der Waals surface area contributed by atoms with Gasteiger partial charge >= 0.3 is 5.97 Å².